The van der Waals surface area contributed by atoms with Crippen molar-refractivity contribution in [2.24, 2.45) is 5.16 Å². The molecular weight excluding hydrogens is 220 g/mol. The fraction of sp³-hybridized carbons (Fsp3) is 0.250. The standard InChI is InChI=1S/C12H12N2O3/c1-8(13-17)6-7-14-11(15)9-4-2-3-5-10(9)12(14)16/h2-5,17H,6-7H2,1H3. The number of fused-ring (bicyclic) bond motifs is 1. The number of hydrogen-bond donors (Lipinski definition) is 1. The first-order chi connectivity index (χ1) is 8.15. The number of oxime groups is 1. The average molecular weight is 232 g/mol. The van der Waals surface area contributed by atoms with Crippen LogP contribution >= 0.6 is 0 Å². The Balaban J connectivity index is 2.19. The average Bonchev–Trinajstić information content (AvgIpc) is 2.60. The smallest absolute Gasteiger partial charge is 0.261 e. The Kier molecular flexibility index (Phi) is 2.91. The molecule has 0 saturated carbocycles. The van der Waals surface area contributed by atoms with Gasteiger partial charge in [-0.3, -0.25) is 14.5 Å². The van der Waals surface area contributed by atoms with Crippen molar-refractivity contribution >= 4 is 17.5 Å². The molecule has 1 aliphatic rings. The van der Waals surface area contributed by atoms with Gasteiger partial charge in [-0.25, -0.2) is 0 Å². The molecular formula is C12H12N2O3. The maximum atomic E-state index is 11.9. The van der Waals surface area contributed by atoms with E-state index >= 15 is 0 Å². The van der Waals surface area contributed by atoms with Crippen molar-refractivity contribution in [3.05, 3.63) is 35.4 Å². The molecule has 5 nitrogen and oxygen atoms in total. The van der Waals surface area contributed by atoms with Crippen LogP contribution in [0, 0.1) is 0 Å². The summed E-state index contributed by atoms with van der Waals surface area (Å²) in [5, 5.41) is 11.5. The van der Waals surface area contributed by atoms with Crippen LogP contribution in [0.5, 0.6) is 0 Å². The van der Waals surface area contributed by atoms with E-state index in [1.165, 1.54) is 4.90 Å². The first-order valence-corrected chi connectivity index (χ1v) is 5.28. The normalized spacial score (nSPS) is 15.4. The minimum atomic E-state index is -0.281. The van der Waals surface area contributed by atoms with Gasteiger partial charge in [0, 0.05) is 13.0 Å². The Bertz CT molecular complexity index is 473. The molecule has 1 aromatic carbocycles. The number of carbonyl (C=O) groups excluding carboxylic acids is 2. The molecule has 1 heterocycles. The highest BCUT2D eigenvalue weighted by Crippen LogP contribution is 2.22. The first kappa shape index (κ1) is 11.3. The van der Waals surface area contributed by atoms with E-state index in [0.29, 0.717) is 23.3 Å². The third kappa shape index (κ3) is 1.91. The van der Waals surface area contributed by atoms with E-state index in [1.54, 1.807) is 31.2 Å². The van der Waals surface area contributed by atoms with E-state index in [9.17, 15) is 9.59 Å². The monoisotopic (exact) mass is 232 g/mol. The van der Waals surface area contributed by atoms with Gasteiger partial charge < -0.3 is 5.21 Å². The number of hydrogen-bond acceptors (Lipinski definition) is 4. The zero-order chi connectivity index (χ0) is 12.4. The van der Waals surface area contributed by atoms with E-state index < -0.39 is 0 Å². The van der Waals surface area contributed by atoms with Crippen molar-refractivity contribution in [1.82, 2.24) is 4.90 Å². The third-order valence-corrected chi connectivity index (χ3v) is 2.75. The second-order valence-electron chi connectivity index (χ2n) is 3.89. The molecule has 0 bridgehead atoms. The second-order valence-corrected chi connectivity index (χ2v) is 3.89. The van der Waals surface area contributed by atoms with Crippen LogP contribution in [0.3, 0.4) is 0 Å². The number of carbonyl (C=O) groups is 2. The summed E-state index contributed by atoms with van der Waals surface area (Å²) in [7, 11) is 0. The Labute approximate surface area is 98.3 Å². The van der Waals surface area contributed by atoms with Crippen LogP contribution in [0.2, 0.25) is 0 Å². The fourth-order valence-corrected chi connectivity index (χ4v) is 1.77. The van der Waals surface area contributed by atoms with E-state index in [4.69, 9.17) is 5.21 Å². The Morgan fingerprint density at radius 1 is 1.24 bits per heavy atom. The van der Waals surface area contributed by atoms with Crippen LogP contribution in [-0.4, -0.2) is 34.2 Å². The predicted molar refractivity (Wildman–Crippen MR) is 61.3 cm³/mol. The minimum Gasteiger partial charge on any atom is -0.411 e. The number of imide groups is 1. The number of benzene rings is 1. The molecule has 0 radical (unpaired) electrons. The van der Waals surface area contributed by atoms with Gasteiger partial charge in [-0.2, -0.15) is 0 Å². The molecule has 1 aliphatic heterocycles. The number of amides is 2. The van der Waals surface area contributed by atoms with Gasteiger partial charge in [0.05, 0.1) is 16.8 Å². The summed E-state index contributed by atoms with van der Waals surface area (Å²) >= 11 is 0. The van der Waals surface area contributed by atoms with Crippen molar-refractivity contribution in [3.8, 4) is 0 Å². The highest BCUT2D eigenvalue weighted by atomic mass is 16.4. The van der Waals surface area contributed by atoms with Crippen LogP contribution in [-0.2, 0) is 0 Å². The molecule has 2 rings (SSSR count). The lowest BCUT2D eigenvalue weighted by molar-refractivity contribution is 0.0658. The van der Waals surface area contributed by atoms with Gasteiger partial charge >= 0.3 is 0 Å². The Morgan fingerprint density at radius 3 is 2.24 bits per heavy atom. The van der Waals surface area contributed by atoms with Crippen LogP contribution < -0.4 is 0 Å². The van der Waals surface area contributed by atoms with E-state index in [-0.39, 0.29) is 18.4 Å². The van der Waals surface area contributed by atoms with E-state index in [0.717, 1.165) is 0 Å². The molecule has 1 N–H and O–H groups in total. The molecule has 0 fully saturated rings. The van der Waals surface area contributed by atoms with Gasteiger partial charge in [0.25, 0.3) is 11.8 Å². The summed E-state index contributed by atoms with van der Waals surface area (Å²) in [4.78, 5) is 25.0. The molecule has 1 aromatic rings. The van der Waals surface area contributed by atoms with E-state index in [2.05, 4.69) is 5.16 Å². The maximum Gasteiger partial charge on any atom is 0.261 e. The lowest BCUT2D eigenvalue weighted by Crippen LogP contribution is -2.31. The summed E-state index contributed by atoms with van der Waals surface area (Å²) in [6.07, 6.45) is 0.377. The van der Waals surface area contributed by atoms with Crippen molar-refractivity contribution in [2.45, 2.75) is 13.3 Å². The molecule has 0 unspecified atom stereocenters. The van der Waals surface area contributed by atoms with Gasteiger partial charge in [-0.05, 0) is 19.1 Å². The molecule has 0 spiro atoms. The number of rotatable bonds is 3. The van der Waals surface area contributed by atoms with Crippen molar-refractivity contribution in [1.29, 1.82) is 0 Å². The summed E-state index contributed by atoms with van der Waals surface area (Å²) in [5.41, 5.74) is 1.37. The van der Waals surface area contributed by atoms with Crippen molar-refractivity contribution < 1.29 is 14.8 Å². The minimum absolute atomic E-state index is 0.238. The van der Waals surface area contributed by atoms with Crippen LogP contribution in [0.4, 0.5) is 0 Å². The first-order valence-electron chi connectivity index (χ1n) is 5.28. The predicted octanol–water partition coefficient (Wildman–Crippen LogP) is 1.52. The van der Waals surface area contributed by atoms with Gasteiger partial charge in [0.1, 0.15) is 0 Å². The molecule has 5 heteroatoms. The molecule has 88 valence electrons. The molecule has 0 aliphatic carbocycles. The Morgan fingerprint density at radius 2 is 1.76 bits per heavy atom. The summed E-state index contributed by atoms with van der Waals surface area (Å²) in [6.45, 7) is 1.88. The topological polar surface area (TPSA) is 70.0 Å². The third-order valence-electron chi connectivity index (χ3n) is 2.75. The molecule has 2 amide bonds. The molecule has 0 saturated heterocycles. The fourth-order valence-electron chi connectivity index (χ4n) is 1.77. The highest BCUT2D eigenvalue weighted by Gasteiger charge is 2.34. The number of nitrogens with zero attached hydrogens (tertiary/aromatic N) is 2. The van der Waals surface area contributed by atoms with Crippen molar-refractivity contribution in [2.75, 3.05) is 6.54 Å². The lowest BCUT2D eigenvalue weighted by atomic mass is 10.1. The van der Waals surface area contributed by atoms with Gasteiger partial charge in [-0.1, -0.05) is 17.3 Å². The zero-order valence-corrected chi connectivity index (χ0v) is 9.38. The summed E-state index contributed by atoms with van der Waals surface area (Å²) in [5.74, 6) is -0.562. The SMILES string of the molecule is CC(CCN1C(=O)c2ccccc2C1=O)=NO. The molecule has 0 aromatic heterocycles. The largest absolute Gasteiger partial charge is 0.411 e. The van der Waals surface area contributed by atoms with Crippen LogP contribution in [0.15, 0.2) is 29.4 Å². The highest BCUT2D eigenvalue weighted by molar-refractivity contribution is 6.21. The van der Waals surface area contributed by atoms with Gasteiger partial charge in [0.2, 0.25) is 0 Å². The van der Waals surface area contributed by atoms with Crippen LogP contribution in [0.25, 0.3) is 0 Å². The van der Waals surface area contributed by atoms with Crippen molar-refractivity contribution in [3.63, 3.8) is 0 Å². The zero-order valence-electron chi connectivity index (χ0n) is 9.38. The summed E-state index contributed by atoms with van der Waals surface area (Å²) < 4.78 is 0. The lowest BCUT2D eigenvalue weighted by Gasteiger charge is -2.12. The quantitative estimate of drug-likeness (QED) is 0.372. The molecule has 0 atom stereocenters. The summed E-state index contributed by atoms with van der Waals surface area (Å²) in [6, 6.07) is 6.74. The molecule has 17 heavy (non-hydrogen) atoms. The van der Waals surface area contributed by atoms with Gasteiger partial charge in [0.15, 0.2) is 0 Å². The van der Waals surface area contributed by atoms with Crippen LogP contribution in [0.1, 0.15) is 34.1 Å². The van der Waals surface area contributed by atoms with E-state index in [1.807, 2.05) is 0 Å². The Hall–Kier alpha value is -2.17. The second kappa shape index (κ2) is 4.37. The maximum absolute atomic E-state index is 11.9. The van der Waals surface area contributed by atoms with Gasteiger partial charge in [-0.15, -0.1) is 0 Å².